The van der Waals surface area contributed by atoms with Gasteiger partial charge < -0.3 is 4.80 Å². The fourth-order valence-electron chi connectivity index (χ4n) is 0. The maximum absolute atomic E-state index is 8.26. The molecule has 1 atom stereocenters. The molecule has 0 saturated heterocycles. The first-order valence-corrected chi connectivity index (χ1v) is 7.70. The first-order valence-electron chi connectivity index (χ1n) is 1.41. The van der Waals surface area contributed by atoms with Gasteiger partial charge in [0.1, 0.15) is 8.56 Å². The van der Waals surface area contributed by atoms with Crippen LogP contribution in [-0.4, -0.2) is 23.1 Å². The lowest BCUT2D eigenvalue weighted by Crippen LogP contribution is -2.02. The highest BCUT2D eigenvalue weighted by Crippen LogP contribution is 1.50. The van der Waals surface area contributed by atoms with E-state index in [0.717, 1.165) is 9.76 Å². The van der Waals surface area contributed by atoms with Gasteiger partial charge in [-0.15, -0.1) is 0 Å². The maximum Gasteiger partial charge on any atom is 0.146 e. The smallest absolute Gasteiger partial charge is 0.146 e. The average molecular weight is 92.2 g/mol. The summed E-state index contributed by atoms with van der Waals surface area (Å²) in [4.78, 5) is 8.26. The number of hydrogen-bond donors (Lipinski definition) is 1. The number of hydrogen-bond acceptors (Lipinski definition) is 1. The van der Waals surface area contributed by atoms with Crippen LogP contribution in [0.2, 0.25) is 6.55 Å². The van der Waals surface area contributed by atoms with Gasteiger partial charge in [-0.1, -0.05) is 6.55 Å². The summed E-state index contributed by atoms with van der Waals surface area (Å²) in [5, 5.41) is 0. The number of rotatable bonds is 0. The Balaban J connectivity index is 2.32. The molecule has 0 rings (SSSR count). The summed E-state index contributed by atoms with van der Waals surface area (Å²) in [5.41, 5.74) is 0. The standard InChI is InChI=1S/CH8OSi2/c1-4(2)3/h2,4H,1,3H3. The van der Waals surface area contributed by atoms with E-state index in [4.69, 9.17) is 4.80 Å². The first kappa shape index (κ1) is 4.39. The van der Waals surface area contributed by atoms with E-state index in [9.17, 15) is 0 Å². The van der Waals surface area contributed by atoms with E-state index in [-0.39, 0.29) is 0 Å². The molecule has 0 aliphatic heterocycles. The molecule has 0 amide bonds. The van der Waals surface area contributed by atoms with Gasteiger partial charge in [-0.05, 0) is 0 Å². The Bertz CT molecular complexity index is 10.8. The van der Waals surface area contributed by atoms with Crippen LogP contribution in [0.1, 0.15) is 0 Å². The van der Waals surface area contributed by atoms with E-state index >= 15 is 0 Å². The third kappa shape index (κ3) is 30.0. The van der Waals surface area contributed by atoms with Crippen molar-refractivity contribution < 1.29 is 4.80 Å². The van der Waals surface area contributed by atoms with Crippen LogP contribution in [0.15, 0.2) is 0 Å². The van der Waals surface area contributed by atoms with Gasteiger partial charge in [0.05, 0.1) is 0 Å². The summed E-state index contributed by atoms with van der Waals surface area (Å²) < 4.78 is 0. The van der Waals surface area contributed by atoms with Gasteiger partial charge in [0.15, 0.2) is 0 Å². The second kappa shape index (κ2) is 1.69. The Labute approximate surface area is 30.6 Å². The van der Waals surface area contributed by atoms with Crippen molar-refractivity contribution in [1.82, 2.24) is 0 Å². The second-order valence-electron chi connectivity index (χ2n) is 1.09. The molecular formula is CH8OSi2. The zero-order chi connectivity index (χ0) is 3.58. The lowest BCUT2D eigenvalue weighted by atomic mass is 11.9. The summed E-state index contributed by atoms with van der Waals surface area (Å²) >= 11 is 0. The molecule has 0 heterocycles. The third-order valence-electron chi connectivity index (χ3n) is 0. The topological polar surface area (TPSA) is 20.2 Å². The van der Waals surface area contributed by atoms with Crippen molar-refractivity contribution in [3.8, 4) is 0 Å². The van der Waals surface area contributed by atoms with Crippen LogP contribution in [0.5, 0.6) is 0 Å². The van der Waals surface area contributed by atoms with Crippen molar-refractivity contribution in [3.63, 3.8) is 0 Å². The summed E-state index contributed by atoms with van der Waals surface area (Å²) in [7, 11) is 0.0432. The highest BCUT2D eigenvalue weighted by atomic mass is 29.2. The van der Waals surface area contributed by atoms with Crippen LogP contribution < -0.4 is 0 Å². The molecule has 0 radical (unpaired) electrons. The Morgan fingerprint density at radius 1 is 2.00 bits per heavy atom. The van der Waals surface area contributed by atoms with Crippen LogP contribution in [0, 0.1) is 0 Å². The molecule has 3 heteroatoms. The van der Waals surface area contributed by atoms with Crippen LogP contribution in [0.4, 0.5) is 0 Å². The van der Waals surface area contributed by atoms with Gasteiger partial charge in [0.2, 0.25) is 0 Å². The van der Waals surface area contributed by atoms with Gasteiger partial charge in [-0.25, -0.2) is 0 Å². The fourth-order valence-corrected chi connectivity index (χ4v) is 0. The lowest BCUT2D eigenvalue weighted by molar-refractivity contribution is 0.601. The predicted molar refractivity (Wildman–Crippen MR) is 25.2 cm³/mol. The van der Waals surface area contributed by atoms with Crippen molar-refractivity contribution in [3.05, 3.63) is 0 Å². The summed E-state index contributed by atoms with van der Waals surface area (Å²) in [5.74, 6) is 0. The van der Waals surface area contributed by atoms with Gasteiger partial charge in [0.25, 0.3) is 0 Å². The highest BCUT2D eigenvalue weighted by molar-refractivity contribution is 6.97. The van der Waals surface area contributed by atoms with Crippen LogP contribution in [0.3, 0.4) is 0 Å². The first-order chi connectivity index (χ1) is 1.73. The van der Waals surface area contributed by atoms with Gasteiger partial charge >= 0.3 is 0 Å². The Morgan fingerprint density at radius 2 is 2.00 bits per heavy atom. The minimum absolute atomic E-state index is 1.00. The SMILES string of the molecule is C[SiH](O)[SiH3]. The van der Waals surface area contributed by atoms with Crippen LogP contribution in [0.25, 0.3) is 0 Å². The molecule has 1 unspecified atom stereocenters. The largest absolute Gasteiger partial charge is 0.439 e. The molecular weight excluding hydrogens is 84.2 g/mol. The Morgan fingerprint density at radius 3 is 2.00 bits per heavy atom. The Kier molecular flexibility index (Phi) is 1.85. The van der Waals surface area contributed by atoms with Crippen molar-refractivity contribution in [2.75, 3.05) is 0 Å². The summed E-state index contributed by atoms with van der Waals surface area (Å²) in [6, 6.07) is 0. The molecule has 26 valence electrons. The maximum atomic E-state index is 8.26. The summed E-state index contributed by atoms with van der Waals surface area (Å²) in [6.07, 6.45) is 0. The van der Waals surface area contributed by atoms with Crippen LogP contribution in [-0.2, 0) is 0 Å². The molecule has 4 heavy (non-hydrogen) atoms. The monoisotopic (exact) mass is 92.0 g/mol. The fraction of sp³-hybridized carbons (Fsp3) is 1.00. The molecule has 0 spiro atoms. The van der Waals surface area contributed by atoms with E-state index in [2.05, 4.69) is 0 Å². The van der Waals surface area contributed by atoms with Gasteiger partial charge in [0, 0.05) is 9.76 Å². The molecule has 1 N–H and O–H groups in total. The average Bonchev–Trinajstić information content (AvgIpc) is 0.811. The summed E-state index contributed by atoms with van der Waals surface area (Å²) in [6.45, 7) is 1.92. The predicted octanol–water partition coefficient (Wildman–Crippen LogP) is -1.81. The Hall–Kier alpha value is 0.394. The zero-order valence-corrected chi connectivity index (χ0v) is 6.18. The van der Waals surface area contributed by atoms with E-state index in [1.54, 1.807) is 0 Å². The molecule has 0 bridgehead atoms. The normalized spacial score (nSPS) is 16.5. The van der Waals surface area contributed by atoms with Crippen molar-refractivity contribution in [2.45, 2.75) is 6.55 Å². The van der Waals surface area contributed by atoms with E-state index < -0.39 is 8.56 Å². The third-order valence-corrected chi connectivity index (χ3v) is 0. The molecule has 0 aliphatic carbocycles. The van der Waals surface area contributed by atoms with Crippen molar-refractivity contribution in [1.29, 1.82) is 0 Å². The minimum Gasteiger partial charge on any atom is -0.439 e. The van der Waals surface area contributed by atoms with Crippen LogP contribution >= 0.6 is 0 Å². The lowest BCUT2D eigenvalue weighted by Gasteiger charge is -1.76. The molecule has 0 aromatic heterocycles. The highest BCUT2D eigenvalue weighted by Gasteiger charge is 1.74. The zero-order valence-electron chi connectivity index (χ0n) is 3.02. The molecule has 0 aromatic rings. The molecule has 0 saturated carbocycles. The minimum atomic E-state index is -1.00. The van der Waals surface area contributed by atoms with Crippen molar-refractivity contribution >= 4 is 18.3 Å². The van der Waals surface area contributed by atoms with Gasteiger partial charge in [-0.2, -0.15) is 0 Å². The molecule has 0 aliphatic rings. The second-order valence-corrected chi connectivity index (χ2v) is 8.29. The molecule has 0 aromatic carbocycles. The van der Waals surface area contributed by atoms with Crippen molar-refractivity contribution in [2.24, 2.45) is 0 Å². The quantitative estimate of drug-likeness (QED) is 0.349. The van der Waals surface area contributed by atoms with E-state index in [1.807, 2.05) is 6.55 Å². The van der Waals surface area contributed by atoms with E-state index in [1.165, 1.54) is 0 Å². The molecule has 0 fully saturated rings. The van der Waals surface area contributed by atoms with Gasteiger partial charge in [-0.3, -0.25) is 0 Å². The van der Waals surface area contributed by atoms with E-state index in [0.29, 0.717) is 0 Å². The molecule has 1 nitrogen and oxygen atoms in total.